The van der Waals surface area contributed by atoms with E-state index in [0.717, 1.165) is 60.8 Å². The highest BCUT2D eigenvalue weighted by Gasteiger charge is 2.41. The van der Waals surface area contributed by atoms with Gasteiger partial charge in [-0.2, -0.15) is 5.10 Å². The summed E-state index contributed by atoms with van der Waals surface area (Å²) < 4.78 is 7.98. The van der Waals surface area contributed by atoms with Gasteiger partial charge in [-0.3, -0.25) is 19.1 Å². The number of ether oxygens (including phenoxy) is 1. The van der Waals surface area contributed by atoms with Gasteiger partial charge in [-0.1, -0.05) is 71.1 Å². The van der Waals surface area contributed by atoms with Crippen molar-refractivity contribution in [1.82, 2.24) is 14.7 Å². The summed E-state index contributed by atoms with van der Waals surface area (Å²) in [6.07, 6.45) is 18.7. The highest BCUT2D eigenvalue weighted by atomic mass is 16.5. The molecule has 2 fully saturated rings. The molecule has 1 saturated heterocycles. The number of fused-ring (bicyclic) bond motifs is 2. The average Bonchev–Trinajstić information content (AvgIpc) is 3.62. The molecule has 0 radical (unpaired) electrons. The second kappa shape index (κ2) is 16.0. The fraction of sp³-hybridized carbons (Fsp3) is 0.722. The van der Waals surface area contributed by atoms with E-state index in [0.29, 0.717) is 37.6 Å². The summed E-state index contributed by atoms with van der Waals surface area (Å²) in [5.74, 6) is 0.494. The number of benzene rings is 1. The van der Waals surface area contributed by atoms with Crippen molar-refractivity contribution < 1.29 is 19.1 Å². The van der Waals surface area contributed by atoms with Gasteiger partial charge < -0.3 is 15.0 Å². The smallest absolute Gasteiger partial charge is 0.245 e. The Morgan fingerprint density at radius 2 is 1.61 bits per heavy atom. The van der Waals surface area contributed by atoms with Crippen LogP contribution in [0.5, 0.6) is 0 Å². The summed E-state index contributed by atoms with van der Waals surface area (Å²) in [5, 5.41) is 9.29. The molecule has 8 nitrogen and oxygen atoms in total. The highest BCUT2D eigenvalue weighted by Crippen LogP contribution is 2.31. The molecule has 44 heavy (non-hydrogen) atoms. The third-order valence-electron chi connectivity index (χ3n) is 10.1. The third kappa shape index (κ3) is 8.09. The van der Waals surface area contributed by atoms with E-state index in [-0.39, 0.29) is 30.1 Å². The van der Waals surface area contributed by atoms with Gasteiger partial charge in [-0.05, 0) is 62.1 Å². The number of rotatable bonds is 6. The summed E-state index contributed by atoms with van der Waals surface area (Å²) >= 11 is 0. The average molecular weight is 607 g/mol. The standard InChI is InChI=1S/C36H54N4O4/c1-3-31(42)36-32-19-20-39(36)33(43)25-40-35-28(18-14-9-7-5-4-6-8-10-15-21-44-32)22-29(23-30(35)34(38-40)26(2)41)37-24-27-16-12-11-13-17-27/h22-23,27,32,36-37H,3-21,24-25H2,1-2H3/t32-,36-/m1/s1. The lowest BCUT2D eigenvalue weighted by Crippen LogP contribution is -2.47. The monoisotopic (exact) mass is 606 g/mol. The Balaban J connectivity index is 1.46. The Labute approximate surface area is 263 Å². The number of amides is 1. The van der Waals surface area contributed by atoms with E-state index in [4.69, 9.17) is 9.84 Å². The molecule has 242 valence electrons. The number of hydrogen-bond acceptors (Lipinski definition) is 6. The second-order valence-corrected chi connectivity index (χ2v) is 13.5. The molecule has 2 aromatic rings. The van der Waals surface area contributed by atoms with E-state index in [9.17, 15) is 14.4 Å². The van der Waals surface area contributed by atoms with E-state index in [2.05, 4.69) is 17.4 Å². The van der Waals surface area contributed by atoms with Crippen LogP contribution in [0.15, 0.2) is 12.1 Å². The minimum Gasteiger partial charge on any atom is -0.385 e. The summed E-state index contributed by atoms with van der Waals surface area (Å²) in [6, 6.07) is 3.74. The fourth-order valence-electron chi connectivity index (χ4n) is 7.64. The molecule has 8 heteroatoms. The summed E-state index contributed by atoms with van der Waals surface area (Å²) in [4.78, 5) is 41.6. The normalized spacial score (nSPS) is 23.5. The lowest BCUT2D eigenvalue weighted by Gasteiger charge is -2.27. The quantitative estimate of drug-likeness (QED) is 0.348. The molecule has 1 aliphatic carbocycles. The molecule has 1 N–H and O–H groups in total. The molecular formula is C36H54N4O4. The molecule has 1 amide bonds. The zero-order chi connectivity index (χ0) is 30.9. The van der Waals surface area contributed by atoms with Crippen molar-refractivity contribution in [2.75, 3.05) is 25.0 Å². The number of aryl methyl sites for hydroxylation is 1. The number of nitrogens with one attached hydrogen (secondary N) is 1. The third-order valence-corrected chi connectivity index (χ3v) is 10.1. The maximum absolute atomic E-state index is 13.9. The Hall–Kier alpha value is -2.74. The first-order chi connectivity index (χ1) is 21.5. The Kier molecular flexibility index (Phi) is 11.9. The summed E-state index contributed by atoms with van der Waals surface area (Å²) in [5.41, 5.74) is 3.47. The molecule has 2 bridgehead atoms. The predicted molar refractivity (Wildman–Crippen MR) is 175 cm³/mol. The van der Waals surface area contributed by atoms with Crippen LogP contribution in [0.2, 0.25) is 0 Å². The predicted octanol–water partition coefficient (Wildman–Crippen LogP) is 7.26. The van der Waals surface area contributed by atoms with Gasteiger partial charge in [-0.15, -0.1) is 0 Å². The largest absolute Gasteiger partial charge is 0.385 e. The van der Waals surface area contributed by atoms with Crippen LogP contribution in [0, 0.1) is 5.92 Å². The molecule has 2 aliphatic heterocycles. The van der Waals surface area contributed by atoms with Gasteiger partial charge in [0.15, 0.2) is 11.6 Å². The maximum atomic E-state index is 13.9. The van der Waals surface area contributed by atoms with Gasteiger partial charge in [-0.25, -0.2) is 0 Å². The van der Waals surface area contributed by atoms with Gasteiger partial charge in [0.25, 0.3) is 0 Å². The number of hydrogen-bond donors (Lipinski definition) is 1. The van der Waals surface area contributed by atoms with Crippen LogP contribution in [0.1, 0.15) is 133 Å². The first-order valence-corrected chi connectivity index (χ1v) is 17.7. The van der Waals surface area contributed by atoms with Crippen molar-refractivity contribution in [1.29, 1.82) is 0 Å². The van der Waals surface area contributed by atoms with Crippen molar-refractivity contribution in [3.63, 3.8) is 0 Å². The number of carbonyl (C=O) groups excluding carboxylic acids is 3. The van der Waals surface area contributed by atoms with Crippen LogP contribution in [0.25, 0.3) is 10.9 Å². The molecule has 1 aromatic carbocycles. The SMILES string of the molecule is CCC(=O)[C@@H]1[C@H]2CCN1C(=O)Cn1nc(C(C)=O)c3cc(NCC4CCCCC4)cc(c31)CCCCCCCCCCCO2. The van der Waals surface area contributed by atoms with Crippen LogP contribution >= 0.6 is 0 Å². The lowest BCUT2D eigenvalue weighted by molar-refractivity contribution is -0.141. The molecule has 0 spiro atoms. The van der Waals surface area contributed by atoms with Gasteiger partial charge >= 0.3 is 0 Å². The topological polar surface area (TPSA) is 93.5 Å². The minimum atomic E-state index is -0.553. The molecule has 5 rings (SSSR count). The second-order valence-electron chi connectivity index (χ2n) is 13.5. The molecule has 1 aromatic heterocycles. The van der Waals surface area contributed by atoms with E-state index in [1.165, 1.54) is 64.2 Å². The molecular weight excluding hydrogens is 552 g/mol. The van der Waals surface area contributed by atoms with Crippen LogP contribution in [-0.4, -0.2) is 64.0 Å². The van der Waals surface area contributed by atoms with E-state index in [1.54, 1.807) is 16.5 Å². The van der Waals surface area contributed by atoms with Crippen LogP contribution < -0.4 is 5.32 Å². The van der Waals surface area contributed by atoms with E-state index >= 15 is 0 Å². The fourth-order valence-corrected chi connectivity index (χ4v) is 7.64. The molecule has 0 unspecified atom stereocenters. The van der Waals surface area contributed by atoms with Crippen LogP contribution in [-0.2, 0) is 27.3 Å². The van der Waals surface area contributed by atoms with E-state index < -0.39 is 6.04 Å². The first kappa shape index (κ1) is 32.6. The van der Waals surface area contributed by atoms with Crippen molar-refractivity contribution in [2.45, 2.75) is 142 Å². The van der Waals surface area contributed by atoms with Crippen molar-refractivity contribution >= 4 is 34.1 Å². The number of ketones is 2. The number of anilines is 1. The maximum Gasteiger partial charge on any atom is 0.245 e. The lowest BCUT2D eigenvalue weighted by atomic mass is 9.89. The minimum absolute atomic E-state index is 0.00580. The van der Waals surface area contributed by atoms with Crippen molar-refractivity contribution in [3.8, 4) is 0 Å². The number of nitrogens with zero attached hydrogens (tertiary/aromatic N) is 3. The molecule has 2 atom stereocenters. The van der Waals surface area contributed by atoms with Crippen LogP contribution in [0.3, 0.4) is 0 Å². The van der Waals surface area contributed by atoms with Gasteiger partial charge in [0.2, 0.25) is 5.91 Å². The Morgan fingerprint density at radius 1 is 0.932 bits per heavy atom. The Morgan fingerprint density at radius 3 is 2.32 bits per heavy atom. The zero-order valence-electron chi connectivity index (χ0n) is 27.2. The van der Waals surface area contributed by atoms with E-state index in [1.807, 2.05) is 6.92 Å². The van der Waals surface area contributed by atoms with Gasteiger partial charge in [0.1, 0.15) is 18.3 Å². The first-order valence-electron chi connectivity index (χ1n) is 17.7. The molecule has 3 aliphatic rings. The van der Waals surface area contributed by atoms with Crippen molar-refractivity contribution in [2.24, 2.45) is 5.92 Å². The zero-order valence-corrected chi connectivity index (χ0v) is 27.2. The Bertz CT molecular complexity index is 1280. The molecule has 1 saturated carbocycles. The van der Waals surface area contributed by atoms with Gasteiger partial charge in [0.05, 0.1) is 11.6 Å². The number of carbonyl (C=O) groups is 3. The summed E-state index contributed by atoms with van der Waals surface area (Å²) in [7, 11) is 0. The van der Waals surface area contributed by atoms with Crippen LogP contribution in [0.4, 0.5) is 5.69 Å². The summed E-state index contributed by atoms with van der Waals surface area (Å²) in [6.45, 7) is 5.49. The highest BCUT2D eigenvalue weighted by molar-refractivity contribution is 6.06. The van der Waals surface area contributed by atoms with Gasteiger partial charge in [0, 0.05) is 44.1 Å². The number of Topliss-reactive ketones (excluding diaryl/α,β-unsaturated/α-hetero) is 2. The molecule has 3 heterocycles. The van der Waals surface area contributed by atoms with Crippen molar-refractivity contribution in [3.05, 3.63) is 23.4 Å². The number of aromatic nitrogens is 2.